The van der Waals surface area contributed by atoms with Gasteiger partial charge in [-0.05, 0) is 17.5 Å². The normalized spacial score (nSPS) is 29.8. The van der Waals surface area contributed by atoms with E-state index in [0.717, 1.165) is 4.88 Å². The number of thioether (sulfide) groups is 1. The van der Waals surface area contributed by atoms with Crippen LogP contribution in [0.5, 0.6) is 0 Å². The van der Waals surface area contributed by atoms with E-state index >= 15 is 0 Å². The lowest BCUT2D eigenvalue weighted by Crippen LogP contribution is -2.61. The van der Waals surface area contributed by atoms with E-state index in [1.165, 1.54) is 37.3 Å². The molecule has 4 heterocycles. The summed E-state index contributed by atoms with van der Waals surface area (Å²) in [5.74, 6) is -0.994. The van der Waals surface area contributed by atoms with Crippen LogP contribution >= 0.6 is 23.1 Å². The zero-order valence-corrected chi connectivity index (χ0v) is 14.6. The highest BCUT2D eigenvalue weighted by molar-refractivity contribution is 8.16. The topological polar surface area (TPSA) is 68.2 Å². The highest BCUT2D eigenvalue weighted by Gasteiger charge is 2.62. The second-order valence-electron chi connectivity index (χ2n) is 5.48. The molecule has 6 nitrogen and oxygen atoms in total. The van der Waals surface area contributed by atoms with Crippen molar-refractivity contribution in [1.82, 2.24) is 5.01 Å². The Labute approximate surface area is 146 Å². The van der Waals surface area contributed by atoms with Crippen molar-refractivity contribution >= 4 is 40.1 Å². The van der Waals surface area contributed by atoms with E-state index in [0.29, 0.717) is 10.6 Å². The number of hydrazone groups is 1. The zero-order chi connectivity index (χ0) is 16.9. The molecule has 3 atom stereocenters. The maximum atomic E-state index is 12.8. The third-order valence-electron chi connectivity index (χ3n) is 4.32. The van der Waals surface area contributed by atoms with E-state index in [2.05, 4.69) is 0 Å². The van der Waals surface area contributed by atoms with Gasteiger partial charge in [0, 0.05) is 0 Å². The maximum Gasteiger partial charge on any atom is 0.335 e. The molecule has 0 N–H and O–H groups in total. The molecule has 0 spiro atoms. The summed E-state index contributed by atoms with van der Waals surface area (Å²) in [4.78, 5) is 26.2. The average Bonchev–Trinajstić information content (AvgIpc) is 3.23. The molecule has 3 aliphatic heterocycles. The van der Waals surface area contributed by atoms with Crippen LogP contribution in [0.15, 0.2) is 46.4 Å². The van der Waals surface area contributed by atoms with Crippen LogP contribution < -0.4 is 0 Å². The molecule has 1 aromatic rings. The predicted octanol–water partition coefficient (Wildman–Crippen LogP) is 1.79. The molecule has 4 rings (SSSR count). The van der Waals surface area contributed by atoms with Crippen LogP contribution in [0.1, 0.15) is 4.88 Å². The van der Waals surface area contributed by atoms with Crippen molar-refractivity contribution in [3.63, 3.8) is 0 Å². The molecule has 24 heavy (non-hydrogen) atoms. The molecular formula is C16H14N2O4S2. The van der Waals surface area contributed by atoms with E-state index < -0.39 is 16.7 Å². The standard InChI is InChI=1S/C16H14N2O4S2/c1-21-14(19)10-8-9-5-6-12-16(10,15(20)22-2)24-13(17-18(9)12)11-4-3-7-23-11/h3-9,12H,1-2H3. The first kappa shape index (κ1) is 15.5. The minimum absolute atomic E-state index is 0.169. The highest BCUT2D eigenvalue weighted by atomic mass is 32.2. The minimum Gasteiger partial charge on any atom is -0.468 e. The summed E-state index contributed by atoms with van der Waals surface area (Å²) in [7, 11) is 2.65. The summed E-state index contributed by atoms with van der Waals surface area (Å²) < 4.78 is 8.81. The number of carbonyl (C=O) groups excluding carboxylic acids is 2. The van der Waals surface area contributed by atoms with Crippen molar-refractivity contribution < 1.29 is 19.1 Å². The Balaban J connectivity index is 1.90. The molecule has 0 aromatic carbocycles. The Hall–Kier alpha value is -2.06. The molecular weight excluding hydrogens is 348 g/mol. The van der Waals surface area contributed by atoms with Crippen LogP contribution in [0.25, 0.3) is 0 Å². The van der Waals surface area contributed by atoms with Gasteiger partial charge >= 0.3 is 11.9 Å². The number of nitrogens with zero attached hydrogens (tertiary/aromatic N) is 2. The second kappa shape index (κ2) is 5.49. The Kier molecular flexibility index (Phi) is 3.54. The first-order valence-corrected chi connectivity index (χ1v) is 8.98. The molecule has 8 heteroatoms. The van der Waals surface area contributed by atoms with E-state index in [1.54, 1.807) is 6.08 Å². The van der Waals surface area contributed by atoms with Gasteiger partial charge < -0.3 is 9.47 Å². The third kappa shape index (κ3) is 1.93. The molecule has 0 amide bonds. The molecule has 0 radical (unpaired) electrons. The van der Waals surface area contributed by atoms with E-state index in [4.69, 9.17) is 14.6 Å². The second-order valence-corrected chi connectivity index (χ2v) is 7.67. The van der Waals surface area contributed by atoms with Gasteiger partial charge in [0.15, 0.2) is 4.75 Å². The van der Waals surface area contributed by atoms with Gasteiger partial charge in [0.25, 0.3) is 0 Å². The zero-order valence-electron chi connectivity index (χ0n) is 13.0. The molecule has 3 aliphatic rings. The van der Waals surface area contributed by atoms with Gasteiger partial charge in [-0.1, -0.05) is 30.0 Å². The van der Waals surface area contributed by atoms with Crippen molar-refractivity contribution in [2.45, 2.75) is 16.8 Å². The Morgan fingerprint density at radius 2 is 2.12 bits per heavy atom. The summed E-state index contributed by atoms with van der Waals surface area (Å²) in [6, 6.07) is 3.33. The van der Waals surface area contributed by atoms with Gasteiger partial charge in [-0.3, -0.25) is 9.80 Å². The lowest BCUT2D eigenvalue weighted by Gasteiger charge is -2.47. The first-order chi connectivity index (χ1) is 11.6. The van der Waals surface area contributed by atoms with E-state index in [1.807, 2.05) is 34.7 Å². The van der Waals surface area contributed by atoms with Crippen LogP contribution in [0.2, 0.25) is 0 Å². The van der Waals surface area contributed by atoms with Crippen molar-refractivity contribution in [2.24, 2.45) is 5.10 Å². The summed E-state index contributed by atoms with van der Waals surface area (Å²) in [5, 5.41) is 9.22. The van der Waals surface area contributed by atoms with E-state index in [9.17, 15) is 9.59 Å². The van der Waals surface area contributed by atoms with Crippen LogP contribution in [0.4, 0.5) is 0 Å². The van der Waals surface area contributed by atoms with Crippen molar-refractivity contribution in [3.05, 3.63) is 46.2 Å². The van der Waals surface area contributed by atoms with E-state index in [-0.39, 0.29) is 12.1 Å². The summed E-state index contributed by atoms with van der Waals surface area (Å²) in [6.07, 6.45) is 5.60. The van der Waals surface area contributed by atoms with Gasteiger partial charge in [0.05, 0.1) is 36.8 Å². The lowest BCUT2D eigenvalue weighted by molar-refractivity contribution is -0.147. The first-order valence-electron chi connectivity index (χ1n) is 7.29. The molecule has 0 fully saturated rings. The van der Waals surface area contributed by atoms with Gasteiger partial charge in [0.2, 0.25) is 0 Å². The van der Waals surface area contributed by atoms with Crippen LogP contribution in [-0.4, -0.2) is 53.0 Å². The van der Waals surface area contributed by atoms with Crippen molar-refractivity contribution in [2.75, 3.05) is 14.2 Å². The molecule has 0 saturated heterocycles. The number of hydrogen-bond acceptors (Lipinski definition) is 8. The van der Waals surface area contributed by atoms with Crippen molar-refractivity contribution in [3.8, 4) is 0 Å². The summed E-state index contributed by atoms with van der Waals surface area (Å²) >= 11 is 2.80. The lowest BCUT2D eigenvalue weighted by atomic mass is 9.87. The van der Waals surface area contributed by atoms with Gasteiger partial charge in [0.1, 0.15) is 5.04 Å². The fourth-order valence-electron chi connectivity index (χ4n) is 3.26. The summed E-state index contributed by atoms with van der Waals surface area (Å²) in [6.45, 7) is 0. The Morgan fingerprint density at radius 3 is 2.79 bits per heavy atom. The highest BCUT2D eigenvalue weighted by Crippen LogP contribution is 2.52. The number of ether oxygens (including phenoxy) is 2. The van der Waals surface area contributed by atoms with Crippen LogP contribution in [0, 0.1) is 0 Å². The Bertz CT molecular complexity index is 799. The van der Waals surface area contributed by atoms with Gasteiger partial charge in [-0.2, -0.15) is 5.10 Å². The average molecular weight is 362 g/mol. The predicted molar refractivity (Wildman–Crippen MR) is 91.8 cm³/mol. The fourth-order valence-corrected chi connectivity index (χ4v) is 5.48. The number of methoxy groups -OCH3 is 2. The molecule has 0 aliphatic carbocycles. The quantitative estimate of drug-likeness (QED) is 0.603. The SMILES string of the molecule is COC(=O)C1=CC2C=CC3N2N=C(c2cccs2)SC13C(=O)OC. The number of carbonyl (C=O) groups is 2. The largest absolute Gasteiger partial charge is 0.468 e. The monoisotopic (exact) mass is 362 g/mol. The molecule has 1 aromatic heterocycles. The molecule has 124 valence electrons. The van der Waals surface area contributed by atoms with Gasteiger partial charge in [-0.25, -0.2) is 4.79 Å². The summed E-state index contributed by atoms with van der Waals surface area (Å²) in [5.41, 5.74) is 0.321. The van der Waals surface area contributed by atoms with Crippen LogP contribution in [-0.2, 0) is 19.1 Å². The Morgan fingerprint density at radius 1 is 1.29 bits per heavy atom. The molecule has 4 bridgehead atoms. The maximum absolute atomic E-state index is 12.8. The molecule has 0 saturated carbocycles. The molecule has 3 unspecified atom stereocenters. The van der Waals surface area contributed by atoms with Crippen LogP contribution in [0.3, 0.4) is 0 Å². The minimum atomic E-state index is -1.22. The van der Waals surface area contributed by atoms with Gasteiger partial charge in [-0.15, -0.1) is 11.3 Å². The number of rotatable bonds is 3. The number of hydrogen-bond donors (Lipinski definition) is 0. The number of esters is 2. The number of thiophene rings is 1. The fraction of sp³-hybridized carbons (Fsp3) is 0.312. The third-order valence-corrected chi connectivity index (χ3v) is 6.78. The smallest absolute Gasteiger partial charge is 0.335 e. The van der Waals surface area contributed by atoms with Crippen molar-refractivity contribution in [1.29, 1.82) is 0 Å².